The van der Waals surface area contributed by atoms with Crippen molar-refractivity contribution in [2.24, 2.45) is 0 Å². The highest BCUT2D eigenvalue weighted by Crippen LogP contribution is 2.35. The number of rotatable bonds is 1. The van der Waals surface area contributed by atoms with Gasteiger partial charge in [-0.2, -0.15) is 11.3 Å². The first-order valence-corrected chi connectivity index (χ1v) is 6.67. The minimum absolute atomic E-state index is 0.219. The molecule has 0 amide bonds. The number of hydrogen-bond acceptors (Lipinski definition) is 4. The van der Waals surface area contributed by atoms with Crippen LogP contribution in [0.3, 0.4) is 0 Å². The van der Waals surface area contributed by atoms with Crippen LogP contribution in [-0.2, 0) is 0 Å². The normalized spacial score (nSPS) is 10.9. The van der Waals surface area contributed by atoms with Crippen LogP contribution in [0, 0.1) is 0 Å². The Morgan fingerprint density at radius 1 is 1.06 bits per heavy atom. The number of fused-ring (bicyclic) bond motifs is 1. The number of hydrogen-bond donors (Lipinski definition) is 1. The van der Waals surface area contributed by atoms with Gasteiger partial charge in [-0.05, 0) is 28.1 Å². The van der Waals surface area contributed by atoms with Crippen molar-refractivity contribution in [1.29, 1.82) is 0 Å². The molecule has 2 heterocycles. The van der Waals surface area contributed by atoms with Crippen molar-refractivity contribution in [2.75, 3.05) is 0 Å². The SMILES string of the molecule is Oc1ccccc1-c1nnc(Br)c2cscc12. The Morgan fingerprint density at radius 2 is 1.82 bits per heavy atom. The molecule has 0 saturated heterocycles. The summed E-state index contributed by atoms with van der Waals surface area (Å²) in [4.78, 5) is 0. The average molecular weight is 307 g/mol. The number of phenolic OH excluding ortho intramolecular Hbond substituents is 1. The van der Waals surface area contributed by atoms with Crippen molar-refractivity contribution in [3.63, 3.8) is 0 Å². The van der Waals surface area contributed by atoms with Gasteiger partial charge in [0, 0.05) is 27.1 Å². The second kappa shape index (κ2) is 4.09. The molecule has 0 unspecified atom stereocenters. The van der Waals surface area contributed by atoms with Crippen molar-refractivity contribution in [1.82, 2.24) is 10.2 Å². The maximum atomic E-state index is 9.85. The molecule has 0 fully saturated rings. The van der Waals surface area contributed by atoms with E-state index in [4.69, 9.17) is 0 Å². The lowest BCUT2D eigenvalue weighted by Gasteiger charge is -2.04. The van der Waals surface area contributed by atoms with Crippen molar-refractivity contribution in [2.45, 2.75) is 0 Å². The Bertz CT molecular complexity index is 696. The second-order valence-electron chi connectivity index (χ2n) is 3.56. The molecule has 0 aliphatic heterocycles. The van der Waals surface area contributed by atoms with Crippen LogP contribution in [0.2, 0.25) is 0 Å². The van der Waals surface area contributed by atoms with Gasteiger partial charge in [-0.25, -0.2) is 0 Å². The number of halogens is 1. The van der Waals surface area contributed by atoms with E-state index in [1.165, 1.54) is 0 Å². The van der Waals surface area contributed by atoms with E-state index in [2.05, 4.69) is 26.1 Å². The topological polar surface area (TPSA) is 46.0 Å². The quantitative estimate of drug-likeness (QED) is 0.743. The predicted octanol–water partition coefficient (Wildman–Crippen LogP) is 3.83. The van der Waals surface area contributed by atoms with Gasteiger partial charge in [0.1, 0.15) is 16.0 Å². The minimum Gasteiger partial charge on any atom is -0.507 e. The Balaban J connectivity index is 2.35. The van der Waals surface area contributed by atoms with Gasteiger partial charge in [-0.3, -0.25) is 0 Å². The highest BCUT2D eigenvalue weighted by molar-refractivity contribution is 9.10. The summed E-state index contributed by atoms with van der Waals surface area (Å²) in [5, 5.41) is 24.1. The molecule has 3 nitrogen and oxygen atoms in total. The molecule has 3 rings (SSSR count). The molecule has 0 aliphatic carbocycles. The molecule has 2 aromatic heterocycles. The molecule has 5 heteroatoms. The first-order chi connectivity index (χ1) is 8.27. The van der Waals surface area contributed by atoms with Crippen molar-refractivity contribution < 1.29 is 5.11 Å². The van der Waals surface area contributed by atoms with Crippen molar-refractivity contribution in [3.05, 3.63) is 39.6 Å². The summed E-state index contributed by atoms with van der Waals surface area (Å²) in [6.45, 7) is 0. The van der Waals surface area contributed by atoms with E-state index < -0.39 is 0 Å². The summed E-state index contributed by atoms with van der Waals surface area (Å²) in [6.07, 6.45) is 0. The number of nitrogens with zero attached hydrogens (tertiary/aromatic N) is 2. The van der Waals surface area contributed by atoms with Crippen LogP contribution in [0.25, 0.3) is 22.0 Å². The van der Waals surface area contributed by atoms with E-state index in [1.807, 2.05) is 22.9 Å². The van der Waals surface area contributed by atoms with Gasteiger partial charge in [0.05, 0.1) is 0 Å². The van der Waals surface area contributed by atoms with E-state index in [0.29, 0.717) is 11.3 Å². The molecule has 0 aliphatic rings. The van der Waals surface area contributed by atoms with Gasteiger partial charge >= 0.3 is 0 Å². The zero-order valence-corrected chi connectivity index (χ0v) is 11.0. The summed E-state index contributed by atoms with van der Waals surface area (Å²) in [5.41, 5.74) is 1.42. The maximum absolute atomic E-state index is 9.85. The van der Waals surface area contributed by atoms with Gasteiger partial charge in [0.2, 0.25) is 0 Å². The average Bonchev–Trinajstić information content (AvgIpc) is 2.81. The van der Waals surface area contributed by atoms with Gasteiger partial charge in [-0.15, -0.1) is 10.2 Å². The van der Waals surface area contributed by atoms with Crippen molar-refractivity contribution >= 4 is 38.0 Å². The van der Waals surface area contributed by atoms with Gasteiger partial charge in [0.25, 0.3) is 0 Å². The first-order valence-electron chi connectivity index (χ1n) is 4.94. The molecule has 0 bridgehead atoms. The number of aromatic hydroxyl groups is 1. The van der Waals surface area contributed by atoms with E-state index in [9.17, 15) is 5.11 Å². The van der Waals surface area contributed by atoms with Crippen molar-refractivity contribution in [3.8, 4) is 17.0 Å². The fraction of sp³-hybridized carbons (Fsp3) is 0. The van der Waals surface area contributed by atoms with Crippen LogP contribution in [0.4, 0.5) is 0 Å². The number of para-hydroxylation sites is 1. The van der Waals surface area contributed by atoms with Crippen LogP contribution in [0.5, 0.6) is 5.75 Å². The molecule has 1 aromatic carbocycles. The van der Waals surface area contributed by atoms with Crippen LogP contribution < -0.4 is 0 Å². The molecular formula is C12H7BrN2OS. The van der Waals surface area contributed by atoms with Crippen LogP contribution in [0.15, 0.2) is 39.6 Å². The molecule has 3 aromatic rings. The molecule has 17 heavy (non-hydrogen) atoms. The Hall–Kier alpha value is -1.46. The Kier molecular flexibility index (Phi) is 2.57. The molecular weight excluding hydrogens is 300 g/mol. The molecule has 0 atom stereocenters. The third-order valence-corrected chi connectivity index (χ3v) is 3.87. The first kappa shape index (κ1) is 10.7. The predicted molar refractivity (Wildman–Crippen MR) is 72.2 cm³/mol. The number of aromatic nitrogens is 2. The fourth-order valence-corrected chi connectivity index (χ4v) is 3.09. The molecule has 0 saturated carbocycles. The zero-order chi connectivity index (χ0) is 11.8. The Morgan fingerprint density at radius 3 is 2.65 bits per heavy atom. The van der Waals surface area contributed by atoms with E-state index >= 15 is 0 Å². The summed E-state index contributed by atoms with van der Waals surface area (Å²) >= 11 is 4.96. The van der Waals surface area contributed by atoms with Gasteiger partial charge < -0.3 is 5.11 Å². The van der Waals surface area contributed by atoms with Gasteiger partial charge in [0.15, 0.2) is 0 Å². The van der Waals surface area contributed by atoms with E-state index in [-0.39, 0.29) is 5.75 Å². The number of phenols is 1. The van der Waals surface area contributed by atoms with Crippen LogP contribution in [-0.4, -0.2) is 15.3 Å². The highest BCUT2D eigenvalue weighted by Gasteiger charge is 2.12. The standard InChI is InChI=1S/C12H7BrN2OS/c13-12-9-6-17-5-8(9)11(14-15-12)7-3-1-2-4-10(7)16/h1-6,16H. The summed E-state index contributed by atoms with van der Waals surface area (Å²) < 4.78 is 0.730. The maximum Gasteiger partial charge on any atom is 0.137 e. The molecule has 1 N–H and O–H groups in total. The van der Waals surface area contributed by atoms with E-state index in [1.54, 1.807) is 23.5 Å². The highest BCUT2D eigenvalue weighted by atomic mass is 79.9. The van der Waals surface area contributed by atoms with Crippen LogP contribution >= 0.6 is 27.3 Å². The lowest BCUT2D eigenvalue weighted by atomic mass is 10.1. The zero-order valence-electron chi connectivity index (χ0n) is 8.59. The summed E-state index contributed by atoms with van der Waals surface area (Å²) in [5.74, 6) is 0.219. The lowest BCUT2D eigenvalue weighted by Crippen LogP contribution is -1.90. The Labute approximate surface area is 110 Å². The lowest BCUT2D eigenvalue weighted by molar-refractivity contribution is 0.477. The van der Waals surface area contributed by atoms with E-state index in [0.717, 1.165) is 15.4 Å². The number of thiophene rings is 1. The second-order valence-corrected chi connectivity index (χ2v) is 5.05. The minimum atomic E-state index is 0.219. The largest absolute Gasteiger partial charge is 0.507 e. The molecule has 84 valence electrons. The smallest absolute Gasteiger partial charge is 0.137 e. The summed E-state index contributed by atoms with van der Waals surface area (Å²) in [6, 6.07) is 7.15. The molecule has 0 radical (unpaired) electrons. The summed E-state index contributed by atoms with van der Waals surface area (Å²) in [7, 11) is 0. The fourth-order valence-electron chi connectivity index (χ4n) is 1.71. The third-order valence-electron chi connectivity index (χ3n) is 2.54. The van der Waals surface area contributed by atoms with Gasteiger partial charge in [-0.1, -0.05) is 12.1 Å². The monoisotopic (exact) mass is 306 g/mol. The van der Waals surface area contributed by atoms with Crippen LogP contribution in [0.1, 0.15) is 0 Å². The molecule has 0 spiro atoms. The third kappa shape index (κ3) is 1.71. The number of benzene rings is 1.